The van der Waals surface area contributed by atoms with Crippen LogP contribution < -0.4 is 16.0 Å². The highest BCUT2D eigenvalue weighted by atomic mass is 79.9. The standard InChI is InChI=1S/C13H19BrN4O2/c1-18(2)13(20)16-8-7-15-9-12(19)17-11-6-4-3-5-10(11)14/h3-6,15H,7-9H2,1-2H3,(H,16,20)(H,17,19). The van der Waals surface area contributed by atoms with E-state index in [0.29, 0.717) is 13.1 Å². The summed E-state index contributed by atoms with van der Waals surface area (Å²) in [6, 6.07) is 7.26. The number of benzene rings is 1. The molecule has 0 heterocycles. The van der Waals surface area contributed by atoms with Crippen molar-refractivity contribution in [2.24, 2.45) is 0 Å². The molecule has 1 aromatic carbocycles. The molecule has 1 aromatic rings. The Morgan fingerprint density at radius 1 is 1.20 bits per heavy atom. The maximum atomic E-state index is 11.7. The number of nitrogens with one attached hydrogen (secondary N) is 3. The first-order valence-corrected chi connectivity index (χ1v) is 7.00. The van der Waals surface area contributed by atoms with Crippen LogP contribution in [0.3, 0.4) is 0 Å². The number of urea groups is 1. The lowest BCUT2D eigenvalue weighted by Crippen LogP contribution is -2.39. The fourth-order valence-corrected chi connectivity index (χ4v) is 1.76. The zero-order chi connectivity index (χ0) is 15.0. The molecule has 0 aromatic heterocycles. The van der Waals surface area contributed by atoms with Crippen molar-refractivity contribution in [3.8, 4) is 0 Å². The number of halogens is 1. The van der Waals surface area contributed by atoms with E-state index in [1.807, 2.05) is 24.3 Å². The lowest BCUT2D eigenvalue weighted by Gasteiger charge is -2.12. The van der Waals surface area contributed by atoms with Crippen LogP contribution in [0, 0.1) is 0 Å². The van der Waals surface area contributed by atoms with Crippen LogP contribution >= 0.6 is 15.9 Å². The van der Waals surface area contributed by atoms with Gasteiger partial charge >= 0.3 is 6.03 Å². The first-order chi connectivity index (χ1) is 9.50. The van der Waals surface area contributed by atoms with Crippen molar-refractivity contribution in [1.82, 2.24) is 15.5 Å². The Morgan fingerprint density at radius 3 is 2.55 bits per heavy atom. The van der Waals surface area contributed by atoms with Gasteiger partial charge in [-0.3, -0.25) is 4.79 Å². The predicted molar refractivity (Wildman–Crippen MR) is 82.7 cm³/mol. The van der Waals surface area contributed by atoms with Gasteiger partial charge in [0.25, 0.3) is 0 Å². The van der Waals surface area contributed by atoms with Gasteiger partial charge in [0.05, 0.1) is 12.2 Å². The highest BCUT2D eigenvalue weighted by molar-refractivity contribution is 9.10. The molecule has 0 spiro atoms. The zero-order valence-corrected chi connectivity index (χ0v) is 13.2. The highest BCUT2D eigenvalue weighted by Crippen LogP contribution is 2.20. The summed E-state index contributed by atoms with van der Waals surface area (Å²) in [6.45, 7) is 1.20. The van der Waals surface area contributed by atoms with Crippen LogP contribution in [0.2, 0.25) is 0 Å². The molecule has 20 heavy (non-hydrogen) atoms. The van der Waals surface area contributed by atoms with Crippen molar-refractivity contribution in [3.05, 3.63) is 28.7 Å². The second kappa shape index (κ2) is 8.55. The Hall–Kier alpha value is -1.60. The van der Waals surface area contributed by atoms with Crippen LogP contribution in [-0.4, -0.2) is 50.6 Å². The summed E-state index contributed by atoms with van der Waals surface area (Å²) < 4.78 is 0.839. The van der Waals surface area contributed by atoms with Crippen LogP contribution in [0.1, 0.15) is 0 Å². The quantitative estimate of drug-likeness (QED) is 0.681. The SMILES string of the molecule is CN(C)C(=O)NCCNCC(=O)Nc1ccccc1Br. The molecule has 0 unspecified atom stereocenters. The number of amides is 3. The average molecular weight is 343 g/mol. The number of carbonyl (C=O) groups excluding carboxylic acids is 2. The maximum Gasteiger partial charge on any atom is 0.316 e. The molecular weight excluding hydrogens is 324 g/mol. The van der Waals surface area contributed by atoms with Crippen LogP contribution in [-0.2, 0) is 4.79 Å². The van der Waals surface area contributed by atoms with Gasteiger partial charge in [-0.05, 0) is 28.1 Å². The van der Waals surface area contributed by atoms with Gasteiger partial charge in [0.2, 0.25) is 5.91 Å². The first kappa shape index (κ1) is 16.5. The van der Waals surface area contributed by atoms with E-state index in [1.165, 1.54) is 4.90 Å². The molecule has 110 valence electrons. The second-order valence-electron chi connectivity index (χ2n) is 4.33. The molecule has 1 rings (SSSR count). The van der Waals surface area contributed by atoms with Crippen LogP contribution in [0.4, 0.5) is 10.5 Å². The van der Waals surface area contributed by atoms with Gasteiger partial charge in [0.1, 0.15) is 0 Å². The number of nitrogens with zero attached hydrogens (tertiary/aromatic N) is 1. The zero-order valence-electron chi connectivity index (χ0n) is 11.6. The molecule has 3 N–H and O–H groups in total. The van der Waals surface area contributed by atoms with E-state index in [4.69, 9.17) is 0 Å². The lowest BCUT2D eigenvalue weighted by molar-refractivity contribution is -0.115. The van der Waals surface area contributed by atoms with Gasteiger partial charge < -0.3 is 20.9 Å². The van der Waals surface area contributed by atoms with Gasteiger partial charge in [-0.25, -0.2) is 4.79 Å². The molecule has 6 nitrogen and oxygen atoms in total. The minimum absolute atomic E-state index is 0.129. The Kier molecular flexibility index (Phi) is 7.03. The second-order valence-corrected chi connectivity index (χ2v) is 5.19. The summed E-state index contributed by atoms with van der Waals surface area (Å²) in [5, 5.41) is 8.44. The minimum Gasteiger partial charge on any atom is -0.337 e. The summed E-state index contributed by atoms with van der Waals surface area (Å²) in [5.74, 6) is -0.129. The van der Waals surface area contributed by atoms with Gasteiger partial charge in [0, 0.05) is 31.7 Å². The number of hydrogen-bond donors (Lipinski definition) is 3. The smallest absolute Gasteiger partial charge is 0.316 e. The molecule has 0 saturated carbocycles. The van der Waals surface area contributed by atoms with Crippen molar-refractivity contribution in [2.75, 3.05) is 39.0 Å². The largest absolute Gasteiger partial charge is 0.337 e. The topological polar surface area (TPSA) is 73.5 Å². The fourth-order valence-electron chi connectivity index (χ4n) is 1.37. The van der Waals surface area contributed by atoms with Crippen molar-refractivity contribution >= 4 is 33.6 Å². The lowest BCUT2D eigenvalue weighted by atomic mass is 10.3. The van der Waals surface area contributed by atoms with E-state index < -0.39 is 0 Å². The Morgan fingerprint density at radius 2 is 1.90 bits per heavy atom. The van der Waals surface area contributed by atoms with Crippen molar-refractivity contribution in [2.45, 2.75) is 0 Å². The normalized spacial score (nSPS) is 9.95. The van der Waals surface area contributed by atoms with E-state index in [2.05, 4.69) is 31.9 Å². The summed E-state index contributed by atoms with van der Waals surface area (Å²) in [6.07, 6.45) is 0. The van der Waals surface area contributed by atoms with Gasteiger partial charge in [-0.1, -0.05) is 12.1 Å². The Labute approximate surface area is 127 Å². The first-order valence-electron chi connectivity index (χ1n) is 6.21. The maximum absolute atomic E-state index is 11.7. The highest BCUT2D eigenvalue weighted by Gasteiger charge is 2.05. The molecule has 7 heteroatoms. The molecule has 0 aliphatic heterocycles. The van der Waals surface area contributed by atoms with Gasteiger partial charge in [-0.2, -0.15) is 0 Å². The summed E-state index contributed by atoms with van der Waals surface area (Å²) in [5.41, 5.74) is 0.736. The number of para-hydroxylation sites is 1. The number of anilines is 1. The summed E-state index contributed by atoms with van der Waals surface area (Å²) in [7, 11) is 3.35. The third kappa shape index (κ3) is 6.03. The van der Waals surface area contributed by atoms with Gasteiger partial charge in [0.15, 0.2) is 0 Å². The van der Waals surface area contributed by atoms with E-state index in [-0.39, 0.29) is 18.5 Å². The summed E-state index contributed by atoms with van der Waals surface area (Å²) in [4.78, 5) is 24.4. The molecule has 0 radical (unpaired) electrons. The third-order valence-corrected chi connectivity index (χ3v) is 3.11. The van der Waals surface area contributed by atoms with Crippen molar-refractivity contribution in [1.29, 1.82) is 0 Å². The number of carbonyl (C=O) groups is 2. The van der Waals surface area contributed by atoms with Gasteiger partial charge in [-0.15, -0.1) is 0 Å². The number of rotatable bonds is 6. The van der Waals surface area contributed by atoms with Crippen LogP contribution in [0.15, 0.2) is 28.7 Å². The minimum atomic E-state index is -0.149. The third-order valence-electron chi connectivity index (χ3n) is 2.42. The van der Waals surface area contributed by atoms with Crippen molar-refractivity contribution in [3.63, 3.8) is 0 Å². The molecule has 0 aliphatic rings. The molecule has 0 bridgehead atoms. The number of hydrogen-bond acceptors (Lipinski definition) is 3. The van der Waals surface area contributed by atoms with Crippen LogP contribution in [0.25, 0.3) is 0 Å². The van der Waals surface area contributed by atoms with E-state index in [1.54, 1.807) is 14.1 Å². The fraction of sp³-hybridized carbons (Fsp3) is 0.385. The Bertz CT molecular complexity index is 465. The van der Waals surface area contributed by atoms with Crippen LogP contribution in [0.5, 0.6) is 0 Å². The molecule has 3 amide bonds. The van der Waals surface area contributed by atoms with E-state index >= 15 is 0 Å². The average Bonchev–Trinajstić information content (AvgIpc) is 2.40. The predicted octanol–water partition coefficient (Wildman–Crippen LogP) is 1.25. The molecule has 0 atom stereocenters. The van der Waals surface area contributed by atoms with E-state index in [0.717, 1.165) is 10.2 Å². The Balaban J connectivity index is 2.18. The summed E-state index contributed by atoms with van der Waals surface area (Å²) >= 11 is 3.36. The molecule has 0 saturated heterocycles. The molecule has 0 aliphatic carbocycles. The monoisotopic (exact) mass is 342 g/mol. The van der Waals surface area contributed by atoms with E-state index in [9.17, 15) is 9.59 Å². The molecular formula is C13H19BrN4O2. The van der Waals surface area contributed by atoms with Crippen molar-refractivity contribution < 1.29 is 9.59 Å². The molecule has 0 fully saturated rings.